The number of amides is 1. The molecule has 21 heteroatoms. The molecule has 350 valence electrons. The number of aromatic amines is 1. The van der Waals surface area contributed by atoms with Crippen LogP contribution in [-0.4, -0.2) is 144 Å². The van der Waals surface area contributed by atoms with Gasteiger partial charge in [0.2, 0.25) is 0 Å². The van der Waals surface area contributed by atoms with Crippen molar-refractivity contribution in [1.29, 1.82) is 0 Å². The van der Waals surface area contributed by atoms with E-state index in [1.165, 1.54) is 18.5 Å². The Morgan fingerprint density at radius 2 is 1.69 bits per heavy atom. The minimum absolute atomic E-state index is 0.0449. The van der Waals surface area contributed by atoms with Gasteiger partial charge in [-0.2, -0.15) is 5.10 Å². The molecular formula is C44H57N9O11S. The van der Waals surface area contributed by atoms with Gasteiger partial charge in [-0.1, -0.05) is 30.3 Å². The van der Waals surface area contributed by atoms with E-state index in [1.54, 1.807) is 65.4 Å². The van der Waals surface area contributed by atoms with E-state index in [0.717, 1.165) is 16.6 Å². The van der Waals surface area contributed by atoms with E-state index in [1.807, 2.05) is 24.3 Å². The van der Waals surface area contributed by atoms with Gasteiger partial charge in [0, 0.05) is 61.9 Å². The van der Waals surface area contributed by atoms with Gasteiger partial charge in [-0.25, -0.2) is 9.97 Å². The van der Waals surface area contributed by atoms with Gasteiger partial charge in [-0.3, -0.25) is 25.2 Å². The fourth-order valence-electron chi connectivity index (χ4n) is 7.07. The number of carboxylic acid groups (broad SMARTS) is 1. The maximum Gasteiger partial charge on any atom is 0.305 e. The van der Waals surface area contributed by atoms with E-state index in [4.69, 9.17) is 14.2 Å². The number of carbonyl (C=O) groups excluding carboxylic acids is 1. The number of hydrogen-bond donors (Lipinski definition) is 10. The number of hydrazone groups is 1. The highest BCUT2D eigenvalue weighted by atomic mass is 32.3. The molecule has 65 heavy (non-hydrogen) atoms. The van der Waals surface area contributed by atoms with Crippen LogP contribution >= 0.6 is 10.9 Å². The minimum Gasteiger partial charge on any atom is -0.481 e. The fourth-order valence-corrected chi connectivity index (χ4v) is 7.77. The SMILES string of the molecule is CN(Cc1nc2ccccc2[nH]1)C(=O)c1ccc2c(c1)CN(CCCOCCOCCOCCCN[C@@H](O)c1ccc(N/N=C/c3ccccc3S(O)(O)O)nc1)[C@@H](O)[C@H](CC(=O)O)N2. The van der Waals surface area contributed by atoms with Crippen LogP contribution in [0.3, 0.4) is 0 Å². The van der Waals surface area contributed by atoms with E-state index in [0.29, 0.717) is 106 Å². The molecule has 2 aromatic heterocycles. The van der Waals surface area contributed by atoms with Gasteiger partial charge in [0.1, 0.15) is 35.0 Å². The molecule has 1 amide bonds. The summed E-state index contributed by atoms with van der Waals surface area (Å²) in [5.74, 6) is -0.190. The number of para-hydroxylation sites is 2. The second kappa shape index (κ2) is 24.1. The summed E-state index contributed by atoms with van der Waals surface area (Å²) in [5.41, 5.74) is 7.19. The fraction of sp³-hybridized carbons (Fsp3) is 0.386. The highest BCUT2D eigenvalue weighted by molar-refractivity contribution is 8.19. The summed E-state index contributed by atoms with van der Waals surface area (Å²) < 4.78 is 45.8. The lowest BCUT2D eigenvalue weighted by molar-refractivity contribution is -0.138. The van der Waals surface area contributed by atoms with E-state index in [9.17, 15) is 38.6 Å². The molecule has 0 spiro atoms. The van der Waals surface area contributed by atoms with Crippen LogP contribution in [-0.2, 0) is 32.1 Å². The number of H-pyrrole nitrogens is 1. The molecule has 0 radical (unpaired) electrons. The third-order valence-corrected chi connectivity index (χ3v) is 11.3. The Morgan fingerprint density at radius 1 is 0.969 bits per heavy atom. The Labute approximate surface area is 377 Å². The number of aliphatic carboxylic acids is 1. The van der Waals surface area contributed by atoms with Crippen molar-refractivity contribution in [3.8, 4) is 0 Å². The first-order valence-electron chi connectivity index (χ1n) is 21.1. The standard InChI is InChI=1S/C44H57N9O11S/c1-52(29-40-49-35-9-3-4-10-36(35)50-40)43(57)30-12-14-34-33(24-30)28-53(44(58)37(48-34)25-41(54)55)17-7-19-63-21-23-64-22-20-62-18-6-16-45-42(56)32-13-15-39(46-26-32)51-47-27-31-8-2-5-11-38(31)65(59,60)61/h2-5,8-15,24,26-27,37,42,44-45,48,56,58-61H,6-7,16-23,25,28-29H2,1H3,(H,46,51)(H,49,50)(H,54,55)/b47-27+/t37-,42-,44-/m0/s1. The van der Waals surface area contributed by atoms with Crippen LogP contribution in [0, 0.1) is 0 Å². The number of hydrogen-bond acceptors (Lipinski definition) is 17. The molecule has 10 N–H and O–H groups in total. The lowest BCUT2D eigenvalue weighted by atomic mass is 10.1. The number of fused-ring (bicyclic) bond motifs is 2. The molecule has 0 aliphatic carbocycles. The first kappa shape index (κ1) is 48.9. The number of imidazole rings is 1. The van der Waals surface area contributed by atoms with Crippen LogP contribution in [0.5, 0.6) is 0 Å². The molecule has 3 atom stereocenters. The number of ether oxygens (including phenoxy) is 3. The zero-order chi connectivity index (χ0) is 46.2. The summed E-state index contributed by atoms with van der Waals surface area (Å²) in [6.07, 6.45) is 1.70. The molecular weight excluding hydrogens is 863 g/mol. The highest BCUT2D eigenvalue weighted by Gasteiger charge is 2.32. The summed E-state index contributed by atoms with van der Waals surface area (Å²) in [5, 5.41) is 41.6. The van der Waals surface area contributed by atoms with Crippen LogP contribution in [0.25, 0.3) is 11.0 Å². The van der Waals surface area contributed by atoms with Gasteiger partial charge in [0.05, 0.1) is 67.6 Å². The number of carbonyl (C=O) groups is 2. The molecule has 3 aromatic carbocycles. The number of pyridine rings is 1. The third kappa shape index (κ3) is 14.7. The van der Waals surface area contributed by atoms with Gasteiger partial charge in [-0.15, -0.1) is 0 Å². The summed E-state index contributed by atoms with van der Waals surface area (Å²) in [6.45, 7) is 3.83. The molecule has 1 aliphatic rings. The summed E-state index contributed by atoms with van der Waals surface area (Å²) in [7, 11) is -2.19. The number of aliphatic hydroxyl groups is 2. The molecule has 1 aliphatic heterocycles. The van der Waals surface area contributed by atoms with Crippen LogP contribution in [0.1, 0.15) is 58.4 Å². The Kier molecular flexibility index (Phi) is 18.1. The average molecular weight is 920 g/mol. The van der Waals surface area contributed by atoms with E-state index in [2.05, 4.69) is 36.1 Å². The van der Waals surface area contributed by atoms with Crippen molar-refractivity contribution in [1.82, 2.24) is 30.1 Å². The monoisotopic (exact) mass is 919 g/mol. The maximum atomic E-state index is 13.5. The molecule has 20 nitrogen and oxygen atoms in total. The normalized spacial score (nSPS) is 16.2. The van der Waals surface area contributed by atoms with E-state index < -0.39 is 35.3 Å². The summed E-state index contributed by atoms with van der Waals surface area (Å²) in [6, 6.07) is 21.6. The molecule has 0 unspecified atom stereocenters. The quantitative estimate of drug-likeness (QED) is 0.0164. The van der Waals surface area contributed by atoms with Crippen molar-refractivity contribution in [2.24, 2.45) is 5.10 Å². The second-order valence-corrected chi connectivity index (χ2v) is 16.7. The van der Waals surface area contributed by atoms with Crippen molar-refractivity contribution in [2.75, 3.05) is 70.5 Å². The Bertz CT molecular complexity index is 2300. The zero-order valence-electron chi connectivity index (χ0n) is 36.0. The molecule has 6 rings (SSSR count). The first-order valence-corrected chi connectivity index (χ1v) is 22.6. The molecule has 0 saturated heterocycles. The van der Waals surface area contributed by atoms with Crippen LogP contribution in [0.15, 0.2) is 95.1 Å². The average Bonchev–Trinajstić information content (AvgIpc) is 3.65. The van der Waals surface area contributed by atoms with E-state index >= 15 is 0 Å². The molecule has 0 fully saturated rings. The largest absolute Gasteiger partial charge is 0.481 e. The van der Waals surface area contributed by atoms with Crippen molar-refractivity contribution in [3.05, 3.63) is 113 Å². The van der Waals surface area contributed by atoms with Crippen molar-refractivity contribution < 1.29 is 52.8 Å². The third-order valence-electron chi connectivity index (χ3n) is 10.3. The Morgan fingerprint density at radius 3 is 2.42 bits per heavy atom. The highest BCUT2D eigenvalue weighted by Crippen LogP contribution is 2.44. The lowest BCUT2D eigenvalue weighted by Gasteiger charge is -2.30. The van der Waals surface area contributed by atoms with Gasteiger partial charge in [0.25, 0.3) is 5.91 Å². The molecule has 3 heterocycles. The first-order chi connectivity index (χ1) is 31.4. The van der Waals surface area contributed by atoms with Crippen LogP contribution in [0.2, 0.25) is 0 Å². The van der Waals surface area contributed by atoms with Gasteiger partial charge < -0.3 is 58.4 Å². The predicted octanol–water partition coefficient (Wildman–Crippen LogP) is 4.76. The number of benzene rings is 3. The van der Waals surface area contributed by atoms with Crippen molar-refractivity contribution >= 4 is 51.5 Å². The minimum atomic E-state index is -3.90. The molecule has 0 bridgehead atoms. The number of aromatic nitrogens is 3. The molecule has 0 saturated carbocycles. The maximum absolute atomic E-state index is 13.5. The second-order valence-electron chi connectivity index (χ2n) is 15.3. The van der Waals surface area contributed by atoms with Crippen LogP contribution < -0.4 is 16.1 Å². The number of rotatable bonds is 25. The van der Waals surface area contributed by atoms with Crippen molar-refractivity contribution in [2.45, 2.75) is 55.7 Å². The topological polar surface area (TPSA) is 280 Å². The van der Waals surface area contributed by atoms with Crippen molar-refractivity contribution in [3.63, 3.8) is 0 Å². The Hall–Kier alpha value is -5.56. The number of anilines is 2. The molecule has 5 aromatic rings. The number of carboxylic acids is 1. The van der Waals surface area contributed by atoms with Gasteiger partial charge >= 0.3 is 5.97 Å². The zero-order valence-corrected chi connectivity index (χ0v) is 36.8. The summed E-state index contributed by atoms with van der Waals surface area (Å²) >= 11 is 0. The summed E-state index contributed by atoms with van der Waals surface area (Å²) in [4.78, 5) is 40.6. The number of nitrogens with one attached hydrogen (secondary N) is 4. The van der Waals surface area contributed by atoms with Gasteiger partial charge in [0.15, 0.2) is 0 Å². The smallest absolute Gasteiger partial charge is 0.305 e. The number of aliphatic hydroxyl groups excluding tert-OH is 2. The van der Waals surface area contributed by atoms with Gasteiger partial charge in [-0.05, 0) is 73.5 Å². The predicted molar refractivity (Wildman–Crippen MR) is 245 cm³/mol. The number of nitrogens with zero attached hydrogens (tertiary/aromatic N) is 5. The Balaban J connectivity index is 0.829. The van der Waals surface area contributed by atoms with E-state index in [-0.39, 0.29) is 23.8 Å². The lowest BCUT2D eigenvalue weighted by Crippen LogP contribution is -2.46. The van der Waals surface area contributed by atoms with Crippen LogP contribution in [0.4, 0.5) is 11.5 Å².